The molecule has 5 nitrogen and oxygen atoms in total. The fraction of sp³-hybridized carbons (Fsp3) is 0.696. The average molecular weight is 388 g/mol. The third kappa shape index (κ3) is 5.79. The first-order valence-corrected chi connectivity index (χ1v) is 10.9. The zero-order valence-electron chi connectivity index (χ0n) is 17.6. The molecule has 156 valence electrons. The lowest BCUT2D eigenvalue weighted by molar-refractivity contribution is -0.127. The molecule has 1 aromatic rings. The Morgan fingerprint density at radius 3 is 2.57 bits per heavy atom. The standard InChI is InChI=1S/C23H37N3O2/c1-19(22(27)25-17-23(18-28-2)10-12-24-13-11-23)26-14-8-21(9-15-26)16-20-6-4-3-5-7-20/h3-7,19,21,24H,8-18H2,1-2H3,(H,25,27). The van der Waals surface area contributed by atoms with E-state index in [0.29, 0.717) is 6.61 Å². The fourth-order valence-electron chi connectivity index (χ4n) is 4.72. The van der Waals surface area contributed by atoms with Gasteiger partial charge in [-0.1, -0.05) is 30.3 Å². The molecule has 0 aromatic heterocycles. The molecule has 0 spiro atoms. The highest BCUT2D eigenvalue weighted by Gasteiger charge is 2.34. The summed E-state index contributed by atoms with van der Waals surface area (Å²) in [7, 11) is 1.76. The van der Waals surface area contributed by atoms with E-state index in [1.165, 1.54) is 18.4 Å². The van der Waals surface area contributed by atoms with Gasteiger partial charge in [-0.2, -0.15) is 0 Å². The van der Waals surface area contributed by atoms with Crippen molar-refractivity contribution < 1.29 is 9.53 Å². The Morgan fingerprint density at radius 1 is 1.25 bits per heavy atom. The van der Waals surface area contributed by atoms with Crippen LogP contribution in [0, 0.1) is 11.3 Å². The van der Waals surface area contributed by atoms with Crippen molar-refractivity contribution in [2.75, 3.05) is 46.4 Å². The number of amides is 1. The van der Waals surface area contributed by atoms with E-state index in [0.717, 1.165) is 57.9 Å². The zero-order chi connectivity index (χ0) is 19.8. The molecule has 0 aliphatic carbocycles. The van der Waals surface area contributed by atoms with Crippen LogP contribution in [0.1, 0.15) is 38.2 Å². The lowest BCUT2D eigenvalue weighted by atomic mass is 9.79. The van der Waals surface area contributed by atoms with Gasteiger partial charge in [-0.25, -0.2) is 0 Å². The number of carbonyl (C=O) groups is 1. The minimum absolute atomic E-state index is 0.0565. The number of hydrogen-bond donors (Lipinski definition) is 2. The van der Waals surface area contributed by atoms with Crippen LogP contribution in [0.2, 0.25) is 0 Å². The average Bonchev–Trinajstić information content (AvgIpc) is 2.74. The molecule has 2 aliphatic heterocycles. The molecule has 3 rings (SSSR count). The number of piperidine rings is 2. The van der Waals surface area contributed by atoms with Gasteiger partial charge in [0, 0.05) is 19.1 Å². The molecule has 1 amide bonds. The van der Waals surface area contributed by atoms with Gasteiger partial charge in [-0.3, -0.25) is 9.69 Å². The predicted octanol–water partition coefficient (Wildman–Crippen LogP) is 2.46. The maximum atomic E-state index is 12.8. The molecule has 2 saturated heterocycles. The van der Waals surface area contributed by atoms with E-state index in [2.05, 4.69) is 52.8 Å². The highest BCUT2D eigenvalue weighted by Crippen LogP contribution is 2.28. The second-order valence-corrected chi connectivity index (χ2v) is 8.75. The van der Waals surface area contributed by atoms with Crippen LogP contribution in [-0.4, -0.2) is 63.3 Å². The number of nitrogens with zero attached hydrogens (tertiary/aromatic N) is 1. The van der Waals surface area contributed by atoms with Gasteiger partial charge in [0.1, 0.15) is 0 Å². The van der Waals surface area contributed by atoms with Crippen molar-refractivity contribution in [1.29, 1.82) is 0 Å². The molecule has 0 saturated carbocycles. The molecular weight excluding hydrogens is 350 g/mol. The molecule has 0 bridgehead atoms. The monoisotopic (exact) mass is 387 g/mol. The number of carbonyl (C=O) groups excluding carboxylic acids is 1. The van der Waals surface area contributed by atoms with Gasteiger partial charge in [0.05, 0.1) is 12.6 Å². The number of ether oxygens (including phenoxy) is 1. The van der Waals surface area contributed by atoms with Crippen LogP contribution >= 0.6 is 0 Å². The molecular formula is C23H37N3O2. The number of likely N-dealkylation sites (tertiary alicyclic amines) is 1. The van der Waals surface area contributed by atoms with E-state index in [4.69, 9.17) is 4.74 Å². The second kappa shape index (κ2) is 10.4. The first kappa shape index (κ1) is 21.3. The second-order valence-electron chi connectivity index (χ2n) is 8.75. The van der Waals surface area contributed by atoms with Gasteiger partial charge in [0.15, 0.2) is 0 Å². The van der Waals surface area contributed by atoms with E-state index < -0.39 is 0 Å². The van der Waals surface area contributed by atoms with Crippen molar-refractivity contribution in [2.45, 2.75) is 45.1 Å². The summed E-state index contributed by atoms with van der Waals surface area (Å²) >= 11 is 0. The summed E-state index contributed by atoms with van der Waals surface area (Å²) in [6.45, 7) is 7.52. The molecule has 2 heterocycles. The van der Waals surface area contributed by atoms with Gasteiger partial charge in [-0.05, 0) is 76.7 Å². The Balaban J connectivity index is 1.43. The Morgan fingerprint density at radius 2 is 1.93 bits per heavy atom. The minimum Gasteiger partial charge on any atom is -0.384 e. The smallest absolute Gasteiger partial charge is 0.237 e. The predicted molar refractivity (Wildman–Crippen MR) is 113 cm³/mol. The molecule has 1 aromatic carbocycles. The van der Waals surface area contributed by atoms with Crippen LogP contribution in [0.25, 0.3) is 0 Å². The van der Waals surface area contributed by atoms with E-state index in [-0.39, 0.29) is 17.4 Å². The highest BCUT2D eigenvalue weighted by molar-refractivity contribution is 5.81. The lowest BCUT2D eigenvalue weighted by Crippen LogP contribution is -2.52. The molecule has 5 heteroatoms. The minimum atomic E-state index is -0.0565. The summed E-state index contributed by atoms with van der Waals surface area (Å²) in [6.07, 6.45) is 5.61. The first-order valence-electron chi connectivity index (χ1n) is 10.9. The molecule has 1 atom stereocenters. The summed E-state index contributed by atoms with van der Waals surface area (Å²) in [4.78, 5) is 15.1. The van der Waals surface area contributed by atoms with Crippen LogP contribution in [0.4, 0.5) is 0 Å². The van der Waals surface area contributed by atoms with E-state index >= 15 is 0 Å². The third-order valence-corrected chi connectivity index (χ3v) is 6.70. The molecule has 0 radical (unpaired) electrons. The Labute approximate surface area is 170 Å². The number of methoxy groups -OCH3 is 1. The highest BCUT2D eigenvalue weighted by atomic mass is 16.5. The molecule has 2 aliphatic rings. The normalized spacial score (nSPS) is 21.9. The Bertz CT molecular complexity index is 588. The first-order chi connectivity index (χ1) is 13.6. The van der Waals surface area contributed by atoms with Gasteiger partial charge in [-0.15, -0.1) is 0 Å². The van der Waals surface area contributed by atoms with Crippen LogP contribution in [0.5, 0.6) is 0 Å². The summed E-state index contributed by atoms with van der Waals surface area (Å²) in [5.74, 6) is 0.893. The van der Waals surface area contributed by atoms with Crippen molar-refractivity contribution in [3.8, 4) is 0 Å². The van der Waals surface area contributed by atoms with Crippen LogP contribution in [0.3, 0.4) is 0 Å². The van der Waals surface area contributed by atoms with Gasteiger partial charge in [0.2, 0.25) is 5.91 Å². The Hall–Kier alpha value is -1.43. The van der Waals surface area contributed by atoms with Crippen molar-refractivity contribution in [2.24, 2.45) is 11.3 Å². The van der Waals surface area contributed by atoms with Crippen molar-refractivity contribution in [3.63, 3.8) is 0 Å². The topological polar surface area (TPSA) is 53.6 Å². The van der Waals surface area contributed by atoms with Crippen molar-refractivity contribution >= 4 is 5.91 Å². The third-order valence-electron chi connectivity index (χ3n) is 6.70. The zero-order valence-corrected chi connectivity index (χ0v) is 17.6. The molecule has 28 heavy (non-hydrogen) atoms. The summed E-state index contributed by atoms with van der Waals surface area (Å²) in [5.41, 5.74) is 1.51. The van der Waals surface area contributed by atoms with Gasteiger partial charge < -0.3 is 15.4 Å². The molecule has 1 unspecified atom stereocenters. The van der Waals surface area contributed by atoms with Gasteiger partial charge >= 0.3 is 0 Å². The quantitative estimate of drug-likeness (QED) is 0.720. The molecule has 2 fully saturated rings. The van der Waals surface area contributed by atoms with E-state index in [1.54, 1.807) is 7.11 Å². The van der Waals surface area contributed by atoms with Crippen LogP contribution < -0.4 is 10.6 Å². The fourth-order valence-corrected chi connectivity index (χ4v) is 4.72. The van der Waals surface area contributed by atoms with Crippen molar-refractivity contribution in [1.82, 2.24) is 15.5 Å². The van der Waals surface area contributed by atoms with E-state index in [1.807, 2.05) is 0 Å². The Kier molecular flexibility index (Phi) is 7.89. The summed E-state index contributed by atoms with van der Waals surface area (Å²) in [5, 5.41) is 6.64. The van der Waals surface area contributed by atoms with Gasteiger partial charge in [0.25, 0.3) is 0 Å². The van der Waals surface area contributed by atoms with Crippen LogP contribution in [-0.2, 0) is 16.0 Å². The maximum Gasteiger partial charge on any atom is 0.237 e. The summed E-state index contributed by atoms with van der Waals surface area (Å²) < 4.78 is 5.46. The molecule has 2 N–H and O–H groups in total. The van der Waals surface area contributed by atoms with Crippen LogP contribution in [0.15, 0.2) is 30.3 Å². The number of benzene rings is 1. The number of hydrogen-bond acceptors (Lipinski definition) is 4. The number of nitrogens with one attached hydrogen (secondary N) is 2. The van der Waals surface area contributed by atoms with E-state index in [9.17, 15) is 4.79 Å². The maximum absolute atomic E-state index is 12.8. The SMILES string of the molecule is COCC1(CNC(=O)C(C)N2CCC(Cc3ccccc3)CC2)CCNCC1. The summed E-state index contributed by atoms with van der Waals surface area (Å²) in [6, 6.07) is 10.7. The lowest BCUT2D eigenvalue weighted by Gasteiger charge is -2.39. The number of rotatable bonds is 8. The van der Waals surface area contributed by atoms with Crippen molar-refractivity contribution in [3.05, 3.63) is 35.9 Å². The largest absolute Gasteiger partial charge is 0.384 e.